The number of ether oxygens (including phenoxy) is 2. The summed E-state index contributed by atoms with van der Waals surface area (Å²) in [6.45, 7) is 5.56. The zero-order chi connectivity index (χ0) is 26.8. The Morgan fingerprint density at radius 1 is 1.03 bits per heavy atom. The summed E-state index contributed by atoms with van der Waals surface area (Å²) >= 11 is 6.33. The predicted molar refractivity (Wildman–Crippen MR) is 146 cm³/mol. The van der Waals surface area contributed by atoms with Crippen molar-refractivity contribution < 1.29 is 22.7 Å². The second kappa shape index (κ2) is 10.6. The van der Waals surface area contributed by atoms with Crippen LogP contribution in [-0.4, -0.2) is 38.6 Å². The quantitative estimate of drug-likeness (QED) is 0.268. The van der Waals surface area contributed by atoms with Gasteiger partial charge in [-0.05, 0) is 63.1 Å². The van der Waals surface area contributed by atoms with Crippen molar-refractivity contribution >= 4 is 38.5 Å². The van der Waals surface area contributed by atoms with E-state index in [0.29, 0.717) is 34.4 Å². The summed E-state index contributed by atoms with van der Waals surface area (Å²) < 4.78 is 39.9. The molecule has 0 saturated heterocycles. The maximum Gasteiger partial charge on any atom is 0.341 e. The fraction of sp³-hybridized carbons (Fsp3) is 0.250. The second-order valence-electron chi connectivity index (χ2n) is 9.57. The van der Waals surface area contributed by atoms with Gasteiger partial charge in [-0.15, -0.1) is 0 Å². The van der Waals surface area contributed by atoms with Crippen LogP contribution in [0.25, 0.3) is 22.2 Å². The van der Waals surface area contributed by atoms with Crippen molar-refractivity contribution in [2.75, 3.05) is 13.7 Å². The van der Waals surface area contributed by atoms with Crippen molar-refractivity contribution in [2.24, 2.45) is 0 Å². The summed E-state index contributed by atoms with van der Waals surface area (Å²) in [5.74, 6) is 0.200. The summed E-state index contributed by atoms with van der Waals surface area (Å²) in [5.41, 5.74) is 2.25. The first-order valence-corrected chi connectivity index (χ1v) is 13.6. The minimum absolute atomic E-state index is 0.0764. The first kappa shape index (κ1) is 26.7. The third kappa shape index (κ3) is 6.15. The lowest BCUT2D eigenvalue weighted by atomic mass is 10.0. The lowest BCUT2D eigenvalue weighted by Gasteiger charge is -2.20. The van der Waals surface area contributed by atoms with Crippen molar-refractivity contribution in [3.8, 4) is 17.0 Å². The van der Waals surface area contributed by atoms with E-state index in [4.69, 9.17) is 21.1 Å². The number of methoxy groups -OCH3 is 1. The number of para-hydroxylation sites is 1. The molecular formula is C28H29ClN2O5S. The maximum absolute atomic E-state index is 13.2. The minimum atomic E-state index is -3.94. The third-order valence-corrected chi connectivity index (χ3v) is 7.60. The van der Waals surface area contributed by atoms with Crippen LogP contribution < -0.4 is 9.46 Å². The summed E-state index contributed by atoms with van der Waals surface area (Å²) in [5, 5.41) is 0.759. The molecular weight excluding hydrogens is 512 g/mol. The highest BCUT2D eigenvalue weighted by molar-refractivity contribution is 7.89. The van der Waals surface area contributed by atoms with E-state index in [1.807, 2.05) is 48.5 Å². The van der Waals surface area contributed by atoms with Gasteiger partial charge >= 0.3 is 5.97 Å². The summed E-state index contributed by atoms with van der Waals surface area (Å²) in [6, 6.07) is 19.4. The van der Waals surface area contributed by atoms with Crippen LogP contribution in [-0.2, 0) is 21.2 Å². The van der Waals surface area contributed by atoms with Gasteiger partial charge in [-0.2, -0.15) is 0 Å². The number of halogens is 1. The summed E-state index contributed by atoms with van der Waals surface area (Å²) in [7, 11) is -2.36. The molecule has 4 rings (SSSR count). The lowest BCUT2D eigenvalue weighted by molar-refractivity contribution is 0.00728. The van der Waals surface area contributed by atoms with Crippen molar-refractivity contribution in [1.82, 2.24) is 9.71 Å². The van der Waals surface area contributed by atoms with Crippen LogP contribution in [0.2, 0.25) is 5.02 Å². The van der Waals surface area contributed by atoms with Gasteiger partial charge in [0.05, 0.1) is 23.4 Å². The van der Waals surface area contributed by atoms with Gasteiger partial charge in [-0.3, -0.25) is 0 Å². The van der Waals surface area contributed by atoms with Crippen LogP contribution in [0.1, 0.15) is 36.7 Å². The number of hydrogen-bond acceptors (Lipinski definition) is 5. The van der Waals surface area contributed by atoms with Crippen LogP contribution in [0.15, 0.2) is 71.6 Å². The van der Waals surface area contributed by atoms with Gasteiger partial charge < -0.3 is 14.5 Å². The molecule has 3 aromatic carbocycles. The molecule has 4 aromatic rings. The Morgan fingerprint density at radius 2 is 1.78 bits per heavy atom. The van der Waals surface area contributed by atoms with Gasteiger partial charge in [0.25, 0.3) is 0 Å². The highest BCUT2D eigenvalue weighted by Crippen LogP contribution is 2.34. The van der Waals surface area contributed by atoms with Gasteiger partial charge in [0.15, 0.2) is 0 Å². The van der Waals surface area contributed by atoms with E-state index < -0.39 is 21.6 Å². The molecule has 0 aliphatic heterocycles. The SMILES string of the molecule is COc1cccc(CCNS(=O)(=O)c2cc(-c3[nH]c4ccccc4c3C(=O)OC(C)(C)C)ccc2Cl)c1. The fourth-order valence-corrected chi connectivity index (χ4v) is 5.56. The maximum atomic E-state index is 13.2. The topological polar surface area (TPSA) is 97.5 Å². The average Bonchev–Trinajstić information content (AvgIpc) is 3.23. The Kier molecular flexibility index (Phi) is 7.64. The Bertz CT molecular complexity index is 1550. The number of carbonyl (C=O) groups is 1. The minimum Gasteiger partial charge on any atom is -0.497 e. The van der Waals surface area contributed by atoms with Gasteiger partial charge in [0, 0.05) is 23.0 Å². The number of benzene rings is 3. The molecule has 7 nitrogen and oxygen atoms in total. The molecule has 0 bridgehead atoms. The fourth-order valence-electron chi connectivity index (χ4n) is 4.00. The molecule has 0 radical (unpaired) electrons. The molecule has 0 fully saturated rings. The molecule has 9 heteroatoms. The molecule has 37 heavy (non-hydrogen) atoms. The Morgan fingerprint density at radius 3 is 2.51 bits per heavy atom. The van der Waals surface area contributed by atoms with E-state index in [-0.39, 0.29) is 16.5 Å². The molecule has 1 heterocycles. The monoisotopic (exact) mass is 540 g/mol. The largest absolute Gasteiger partial charge is 0.497 e. The van der Waals surface area contributed by atoms with Gasteiger partial charge in [0.1, 0.15) is 16.2 Å². The van der Waals surface area contributed by atoms with Crippen molar-refractivity contribution in [3.63, 3.8) is 0 Å². The molecule has 0 amide bonds. The Balaban J connectivity index is 1.67. The number of aromatic amines is 1. The highest BCUT2D eigenvalue weighted by Gasteiger charge is 2.26. The molecule has 2 N–H and O–H groups in total. The van der Waals surface area contributed by atoms with Crippen molar-refractivity contribution in [1.29, 1.82) is 0 Å². The number of carbonyl (C=O) groups excluding carboxylic acids is 1. The number of esters is 1. The first-order chi connectivity index (χ1) is 17.5. The number of rotatable bonds is 8. The highest BCUT2D eigenvalue weighted by atomic mass is 35.5. The number of H-pyrrole nitrogens is 1. The first-order valence-electron chi connectivity index (χ1n) is 11.7. The van der Waals surface area contributed by atoms with Crippen LogP contribution >= 0.6 is 11.6 Å². The predicted octanol–water partition coefficient (Wildman–Crippen LogP) is 5.97. The normalized spacial score (nSPS) is 12.0. The zero-order valence-electron chi connectivity index (χ0n) is 21.1. The number of sulfonamides is 1. The van der Waals surface area contributed by atoms with E-state index in [9.17, 15) is 13.2 Å². The number of aromatic nitrogens is 1. The molecule has 0 atom stereocenters. The van der Waals surface area contributed by atoms with E-state index in [2.05, 4.69) is 9.71 Å². The second-order valence-corrected chi connectivity index (χ2v) is 11.7. The summed E-state index contributed by atoms with van der Waals surface area (Å²) in [4.78, 5) is 16.4. The molecule has 1 aromatic heterocycles. The number of nitrogens with one attached hydrogen (secondary N) is 2. The molecule has 0 unspecified atom stereocenters. The standard InChI is InChI=1S/C28H29ClN2O5S/c1-28(2,3)36-27(32)25-21-10-5-6-11-23(21)31-26(25)19-12-13-22(29)24(17-19)37(33,34)30-15-14-18-8-7-9-20(16-18)35-4/h5-13,16-17,30-31H,14-15H2,1-4H3. The van der Waals surface area contributed by atoms with E-state index >= 15 is 0 Å². The van der Waals surface area contributed by atoms with Gasteiger partial charge in [-0.1, -0.05) is 48.0 Å². The summed E-state index contributed by atoms with van der Waals surface area (Å²) in [6.07, 6.45) is 0.471. The smallest absolute Gasteiger partial charge is 0.341 e. The third-order valence-electron chi connectivity index (χ3n) is 5.66. The van der Waals surface area contributed by atoms with Crippen molar-refractivity contribution in [3.05, 3.63) is 82.9 Å². The molecule has 194 valence electrons. The van der Waals surface area contributed by atoms with Crippen molar-refractivity contribution in [2.45, 2.75) is 37.7 Å². The number of hydrogen-bond donors (Lipinski definition) is 2. The molecule has 0 aliphatic carbocycles. The zero-order valence-corrected chi connectivity index (χ0v) is 22.7. The van der Waals surface area contributed by atoms with Crippen LogP contribution in [0.5, 0.6) is 5.75 Å². The molecule has 0 saturated carbocycles. The lowest BCUT2D eigenvalue weighted by Crippen LogP contribution is -2.26. The molecule has 0 aliphatic rings. The van der Waals surface area contributed by atoms with E-state index in [1.54, 1.807) is 33.9 Å². The van der Waals surface area contributed by atoms with E-state index in [0.717, 1.165) is 11.1 Å². The van der Waals surface area contributed by atoms with Gasteiger partial charge in [-0.25, -0.2) is 17.9 Å². The number of fused-ring (bicyclic) bond motifs is 1. The average molecular weight is 541 g/mol. The van der Waals surface area contributed by atoms with Gasteiger partial charge in [0.2, 0.25) is 10.0 Å². The Labute approximate surface area is 221 Å². The Hall–Kier alpha value is -3.33. The van der Waals surface area contributed by atoms with Crippen LogP contribution in [0.3, 0.4) is 0 Å². The van der Waals surface area contributed by atoms with Crippen LogP contribution in [0.4, 0.5) is 0 Å². The van der Waals surface area contributed by atoms with E-state index in [1.165, 1.54) is 12.1 Å². The van der Waals surface area contributed by atoms with Crippen LogP contribution in [0, 0.1) is 0 Å². The molecule has 0 spiro atoms.